The van der Waals surface area contributed by atoms with Crippen molar-refractivity contribution in [1.82, 2.24) is 0 Å². The lowest BCUT2D eigenvalue weighted by molar-refractivity contribution is -0.114. The maximum atomic E-state index is 10.7. The first-order chi connectivity index (χ1) is 5.11. The Hall–Kier alpha value is -1.07. The monoisotopic (exact) mass is 172 g/mol. The van der Waals surface area contributed by atoms with Crippen molar-refractivity contribution in [2.24, 2.45) is 0 Å². The van der Waals surface area contributed by atoms with Gasteiger partial charge in [0.2, 0.25) is 0 Å². The smallest absolute Gasteiger partial charge is 0.197 e. The van der Waals surface area contributed by atoms with Crippen LogP contribution in [0.3, 0.4) is 0 Å². The largest absolute Gasteiger partial charge is 0.302 e. The van der Waals surface area contributed by atoms with Crippen molar-refractivity contribution in [2.45, 2.75) is 0 Å². The second-order valence-corrected chi connectivity index (χ2v) is 2.80. The van der Waals surface area contributed by atoms with E-state index in [2.05, 4.69) is 0 Å². The molecule has 1 atom stereocenters. The third kappa shape index (κ3) is 1.69. The molecular weight excluding hydrogens is 168 g/mol. The predicted molar refractivity (Wildman–Crippen MR) is 38.0 cm³/mol. The van der Waals surface area contributed by atoms with Gasteiger partial charge in [0.1, 0.15) is 4.91 Å². The van der Waals surface area contributed by atoms with E-state index in [0.717, 1.165) is 18.2 Å². The van der Waals surface area contributed by atoms with Crippen LogP contribution in [0.2, 0.25) is 0 Å². The first-order valence-electron chi connectivity index (χ1n) is 2.70. The van der Waals surface area contributed by atoms with Crippen molar-refractivity contribution in [3.05, 3.63) is 23.1 Å². The van der Waals surface area contributed by atoms with E-state index in [1.165, 1.54) is 0 Å². The molecule has 0 amide bonds. The van der Waals surface area contributed by atoms with Gasteiger partial charge in [-0.2, -0.15) is 0 Å². The predicted octanol–water partition coefficient (Wildman–Crippen LogP) is -0.200. The Balaban J connectivity index is 3.03. The van der Waals surface area contributed by atoms with E-state index in [0.29, 0.717) is 0 Å². The zero-order chi connectivity index (χ0) is 8.43. The average Bonchev–Trinajstić information content (AvgIpc) is 1.94. The summed E-state index contributed by atoms with van der Waals surface area (Å²) in [5.74, 6) is -1.03. The molecule has 4 nitrogen and oxygen atoms in total. The number of hydrogen-bond donors (Lipinski definition) is 1. The van der Waals surface area contributed by atoms with Gasteiger partial charge < -0.3 is 4.55 Å². The van der Waals surface area contributed by atoms with Gasteiger partial charge in [-0.25, -0.2) is 4.21 Å². The lowest BCUT2D eigenvalue weighted by atomic mass is 10.2. The minimum absolute atomic E-state index is 0.363. The van der Waals surface area contributed by atoms with E-state index in [4.69, 9.17) is 4.55 Å². The van der Waals surface area contributed by atoms with Gasteiger partial charge in [-0.15, -0.1) is 0 Å². The molecular formula is C6H4O4S. The van der Waals surface area contributed by atoms with Crippen LogP contribution in [-0.4, -0.2) is 20.3 Å². The molecule has 1 rings (SSSR count). The van der Waals surface area contributed by atoms with Crippen LogP contribution in [0.15, 0.2) is 23.1 Å². The summed E-state index contributed by atoms with van der Waals surface area (Å²) >= 11 is -2.36. The Morgan fingerprint density at radius 2 is 1.91 bits per heavy atom. The molecule has 0 saturated carbocycles. The third-order valence-electron chi connectivity index (χ3n) is 1.10. The van der Waals surface area contributed by atoms with Crippen LogP contribution >= 0.6 is 0 Å². The average molecular weight is 172 g/mol. The molecule has 1 aliphatic carbocycles. The molecule has 0 spiro atoms. The van der Waals surface area contributed by atoms with Gasteiger partial charge in [0.05, 0.1) is 0 Å². The Morgan fingerprint density at radius 3 is 2.36 bits per heavy atom. The number of carbonyl (C=O) groups excluding carboxylic acids is 2. The Labute approximate surface area is 64.9 Å². The molecule has 0 saturated heterocycles. The van der Waals surface area contributed by atoms with Crippen molar-refractivity contribution in [2.75, 3.05) is 0 Å². The van der Waals surface area contributed by atoms with Crippen molar-refractivity contribution in [3.63, 3.8) is 0 Å². The third-order valence-corrected chi connectivity index (χ3v) is 1.80. The molecule has 1 unspecified atom stereocenters. The van der Waals surface area contributed by atoms with Crippen molar-refractivity contribution >= 4 is 22.6 Å². The zero-order valence-electron chi connectivity index (χ0n) is 5.31. The molecule has 5 heteroatoms. The van der Waals surface area contributed by atoms with Gasteiger partial charge in [0.15, 0.2) is 22.6 Å². The highest BCUT2D eigenvalue weighted by atomic mass is 32.2. The lowest BCUT2D eigenvalue weighted by Gasteiger charge is -1.99. The van der Waals surface area contributed by atoms with Gasteiger partial charge in [0.25, 0.3) is 0 Å². The molecule has 0 aromatic rings. The van der Waals surface area contributed by atoms with E-state index in [1.54, 1.807) is 0 Å². The van der Waals surface area contributed by atoms with Crippen molar-refractivity contribution in [3.8, 4) is 0 Å². The molecule has 11 heavy (non-hydrogen) atoms. The molecule has 0 heterocycles. The second kappa shape index (κ2) is 2.89. The van der Waals surface area contributed by atoms with Gasteiger partial charge in [-0.1, -0.05) is 0 Å². The van der Waals surface area contributed by atoms with E-state index in [1.807, 2.05) is 0 Å². The van der Waals surface area contributed by atoms with Gasteiger partial charge in [-0.3, -0.25) is 9.59 Å². The maximum absolute atomic E-state index is 10.7. The number of carbonyl (C=O) groups is 2. The Bertz CT molecular complexity index is 300. The van der Waals surface area contributed by atoms with Crippen molar-refractivity contribution in [1.29, 1.82) is 0 Å². The van der Waals surface area contributed by atoms with Crippen LogP contribution in [0.1, 0.15) is 0 Å². The van der Waals surface area contributed by atoms with Gasteiger partial charge >= 0.3 is 0 Å². The molecule has 0 radical (unpaired) electrons. The van der Waals surface area contributed by atoms with Crippen LogP contribution in [0.25, 0.3) is 0 Å². The summed E-state index contributed by atoms with van der Waals surface area (Å²) in [7, 11) is 0. The molecule has 1 N–H and O–H groups in total. The van der Waals surface area contributed by atoms with E-state index in [-0.39, 0.29) is 4.91 Å². The summed E-state index contributed by atoms with van der Waals surface area (Å²) in [5, 5.41) is 0. The van der Waals surface area contributed by atoms with E-state index in [9.17, 15) is 13.8 Å². The Morgan fingerprint density at radius 1 is 1.27 bits per heavy atom. The fourth-order valence-corrected chi connectivity index (χ4v) is 1.08. The Kier molecular flexibility index (Phi) is 2.11. The summed E-state index contributed by atoms with van der Waals surface area (Å²) in [5.41, 5.74) is 0. The first-order valence-corrected chi connectivity index (χ1v) is 3.81. The second-order valence-electron chi connectivity index (χ2n) is 1.86. The topological polar surface area (TPSA) is 71.4 Å². The van der Waals surface area contributed by atoms with Crippen molar-refractivity contribution < 1.29 is 18.4 Å². The summed E-state index contributed by atoms with van der Waals surface area (Å²) < 4.78 is 18.8. The molecule has 0 aliphatic heterocycles. The number of allylic oxidation sites excluding steroid dienone is 4. The molecule has 1 aliphatic rings. The normalized spacial score (nSPS) is 19.9. The standard InChI is InChI=1S/C6H4O4S/c7-4-1-2-5(8)6(3-4)11(9)10/h1-3H,(H,9,10). The number of hydrogen-bond acceptors (Lipinski definition) is 3. The number of ketones is 2. The minimum Gasteiger partial charge on any atom is -0.302 e. The van der Waals surface area contributed by atoms with E-state index >= 15 is 0 Å². The number of rotatable bonds is 1. The molecule has 0 bridgehead atoms. The van der Waals surface area contributed by atoms with Crippen LogP contribution in [0, 0.1) is 0 Å². The van der Waals surface area contributed by atoms with Gasteiger partial charge in [0, 0.05) is 6.08 Å². The molecule has 0 aromatic heterocycles. The fourth-order valence-electron chi connectivity index (χ4n) is 0.625. The van der Waals surface area contributed by atoms with E-state index < -0.39 is 22.6 Å². The molecule has 0 aromatic carbocycles. The minimum atomic E-state index is -2.36. The summed E-state index contributed by atoms with van der Waals surface area (Å²) in [6.45, 7) is 0. The van der Waals surface area contributed by atoms with Crippen LogP contribution in [0.4, 0.5) is 0 Å². The zero-order valence-corrected chi connectivity index (χ0v) is 6.13. The van der Waals surface area contributed by atoms with Crippen LogP contribution in [0.5, 0.6) is 0 Å². The SMILES string of the molecule is O=C1C=CC(=O)C(S(=O)O)=C1. The fraction of sp³-hybridized carbons (Fsp3) is 0. The van der Waals surface area contributed by atoms with Crippen LogP contribution in [-0.2, 0) is 20.7 Å². The quantitative estimate of drug-likeness (QED) is 0.439. The summed E-state index contributed by atoms with van der Waals surface area (Å²) in [6, 6.07) is 0. The first kappa shape index (κ1) is 8.03. The maximum Gasteiger partial charge on any atom is 0.197 e. The van der Waals surface area contributed by atoms with Crippen LogP contribution < -0.4 is 0 Å². The highest BCUT2D eigenvalue weighted by molar-refractivity contribution is 7.84. The lowest BCUT2D eigenvalue weighted by Crippen LogP contribution is -2.11. The van der Waals surface area contributed by atoms with Gasteiger partial charge in [-0.05, 0) is 12.2 Å². The molecule has 58 valence electrons. The highest BCUT2D eigenvalue weighted by Gasteiger charge is 2.17. The summed E-state index contributed by atoms with van der Waals surface area (Å²) in [6.07, 6.45) is 2.89. The molecule has 0 fully saturated rings. The summed E-state index contributed by atoms with van der Waals surface area (Å²) in [4.78, 5) is 20.9. The highest BCUT2D eigenvalue weighted by Crippen LogP contribution is 2.07.